The quantitative estimate of drug-likeness (QED) is 0.839. The van der Waals surface area contributed by atoms with Gasteiger partial charge in [0, 0.05) is 49.2 Å². The van der Waals surface area contributed by atoms with E-state index in [2.05, 4.69) is 47.2 Å². The average Bonchev–Trinajstić information content (AvgIpc) is 2.66. The maximum absolute atomic E-state index is 11.9. The lowest BCUT2D eigenvalue weighted by atomic mass is 10.0. The number of carbonyl (C=O) groups is 1. The molecule has 4 nitrogen and oxygen atoms in total. The number of aryl methyl sites for hydroxylation is 2. The summed E-state index contributed by atoms with van der Waals surface area (Å²) in [6.07, 6.45) is 4.28. The fourth-order valence-corrected chi connectivity index (χ4v) is 3.34. The van der Waals surface area contributed by atoms with Crippen molar-refractivity contribution in [1.29, 1.82) is 0 Å². The van der Waals surface area contributed by atoms with Gasteiger partial charge in [-0.3, -0.25) is 9.78 Å². The lowest BCUT2D eigenvalue weighted by Gasteiger charge is -2.31. The first-order valence-corrected chi connectivity index (χ1v) is 9.67. The minimum absolute atomic E-state index is 0.0921. The summed E-state index contributed by atoms with van der Waals surface area (Å²) in [6.45, 7) is 12.0. The number of rotatable bonds is 4. The Kier molecular flexibility index (Phi) is 7.19. The molecule has 1 aliphatic heterocycles. The number of benzene rings is 1. The van der Waals surface area contributed by atoms with Gasteiger partial charge in [-0.2, -0.15) is 0 Å². The van der Waals surface area contributed by atoms with Crippen LogP contribution in [-0.2, 0) is 17.8 Å². The van der Waals surface area contributed by atoms with Crippen LogP contribution in [0, 0.1) is 13.8 Å². The van der Waals surface area contributed by atoms with Gasteiger partial charge in [-0.1, -0.05) is 26.8 Å². The highest BCUT2D eigenvalue weighted by Gasteiger charge is 2.18. The second-order valence-electron chi connectivity index (χ2n) is 6.53. The molecule has 3 rings (SSSR count). The van der Waals surface area contributed by atoms with Gasteiger partial charge < -0.3 is 10.2 Å². The predicted molar refractivity (Wildman–Crippen MR) is 110 cm³/mol. The zero-order valence-electron chi connectivity index (χ0n) is 16.7. The van der Waals surface area contributed by atoms with E-state index in [0.717, 1.165) is 42.7 Å². The SMILES string of the molecule is CC.CCCC(=O)Nc1c(C)cc(N2CCc3ncccc3C2)cc1C. The highest BCUT2D eigenvalue weighted by Crippen LogP contribution is 2.30. The van der Waals surface area contributed by atoms with Crippen LogP contribution in [-0.4, -0.2) is 17.4 Å². The third-order valence-corrected chi connectivity index (χ3v) is 4.59. The van der Waals surface area contributed by atoms with E-state index in [-0.39, 0.29) is 5.91 Å². The van der Waals surface area contributed by atoms with E-state index in [1.807, 2.05) is 33.0 Å². The van der Waals surface area contributed by atoms with Gasteiger partial charge in [-0.05, 0) is 55.2 Å². The molecule has 0 atom stereocenters. The van der Waals surface area contributed by atoms with Gasteiger partial charge in [0.2, 0.25) is 5.91 Å². The number of pyridine rings is 1. The molecule has 26 heavy (non-hydrogen) atoms. The molecule has 140 valence electrons. The zero-order chi connectivity index (χ0) is 19.1. The molecular formula is C22H31N3O. The Morgan fingerprint density at radius 2 is 1.92 bits per heavy atom. The number of carbonyl (C=O) groups excluding carboxylic acids is 1. The molecule has 4 heteroatoms. The number of nitrogens with one attached hydrogen (secondary N) is 1. The van der Waals surface area contributed by atoms with Crippen LogP contribution < -0.4 is 10.2 Å². The van der Waals surface area contributed by atoms with E-state index in [4.69, 9.17) is 0 Å². The number of hydrogen-bond donors (Lipinski definition) is 1. The van der Waals surface area contributed by atoms with Crippen molar-refractivity contribution in [2.75, 3.05) is 16.8 Å². The summed E-state index contributed by atoms with van der Waals surface area (Å²) in [5.74, 6) is 0.0921. The third-order valence-electron chi connectivity index (χ3n) is 4.59. The van der Waals surface area contributed by atoms with Crippen LogP contribution in [0.5, 0.6) is 0 Å². The fourth-order valence-electron chi connectivity index (χ4n) is 3.34. The molecule has 1 N–H and O–H groups in total. The number of amides is 1. The lowest BCUT2D eigenvalue weighted by molar-refractivity contribution is -0.116. The first-order valence-electron chi connectivity index (χ1n) is 9.67. The summed E-state index contributed by atoms with van der Waals surface area (Å²) in [5.41, 5.74) is 6.92. The number of anilines is 2. The molecule has 1 amide bonds. The summed E-state index contributed by atoms with van der Waals surface area (Å²) in [5, 5.41) is 3.06. The van der Waals surface area contributed by atoms with Crippen LogP contribution in [0.25, 0.3) is 0 Å². The van der Waals surface area contributed by atoms with Crippen LogP contribution in [0.4, 0.5) is 11.4 Å². The Hall–Kier alpha value is -2.36. The molecule has 0 radical (unpaired) electrons. The van der Waals surface area contributed by atoms with Crippen LogP contribution in [0.15, 0.2) is 30.5 Å². The molecule has 2 heterocycles. The standard InChI is InChI=1S/C20H25N3O.C2H6/c1-4-6-19(24)22-20-14(2)11-17(12-15(20)3)23-10-8-18-16(13-23)7-5-9-21-18;1-2/h5,7,9,11-12H,4,6,8,10,13H2,1-3H3,(H,22,24);1-2H3. The smallest absolute Gasteiger partial charge is 0.224 e. The minimum atomic E-state index is 0.0921. The van der Waals surface area contributed by atoms with Crippen molar-refractivity contribution in [2.45, 2.75) is 60.4 Å². The van der Waals surface area contributed by atoms with Gasteiger partial charge in [0.25, 0.3) is 0 Å². The third kappa shape index (κ3) is 4.63. The van der Waals surface area contributed by atoms with Crippen molar-refractivity contribution in [3.63, 3.8) is 0 Å². The van der Waals surface area contributed by atoms with E-state index in [1.54, 1.807) is 0 Å². The fraction of sp³-hybridized carbons (Fsp3) is 0.455. The predicted octanol–water partition coefficient (Wildman–Crippen LogP) is 5.03. The Morgan fingerprint density at radius 3 is 2.58 bits per heavy atom. The number of hydrogen-bond acceptors (Lipinski definition) is 3. The maximum atomic E-state index is 11.9. The first kappa shape index (κ1) is 20.0. The number of nitrogens with zero attached hydrogens (tertiary/aromatic N) is 2. The lowest BCUT2D eigenvalue weighted by Crippen LogP contribution is -2.31. The molecule has 0 bridgehead atoms. The summed E-state index contributed by atoms with van der Waals surface area (Å²) < 4.78 is 0. The van der Waals surface area contributed by atoms with Crippen molar-refractivity contribution in [3.8, 4) is 0 Å². The second-order valence-corrected chi connectivity index (χ2v) is 6.53. The van der Waals surface area contributed by atoms with E-state index in [1.165, 1.54) is 16.9 Å². The van der Waals surface area contributed by atoms with Crippen molar-refractivity contribution >= 4 is 17.3 Å². The molecule has 0 saturated carbocycles. The minimum Gasteiger partial charge on any atom is -0.367 e. The van der Waals surface area contributed by atoms with Crippen LogP contribution in [0.2, 0.25) is 0 Å². The van der Waals surface area contributed by atoms with Gasteiger partial charge >= 0.3 is 0 Å². The van der Waals surface area contributed by atoms with E-state index in [0.29, 0.717) is 6.42 Å². The van der Waals surface area contributed by atoms with Gasteiger partial charge in [0.05, 0.1) is 0 Å². The summed E-state index contributed by atoms with van der Waals surface area (Å²) in [6, 6.07) is 8.52. The van der Waals surface area contributed by atoms with E-state index >= 15 is 0 Å². The highest BCUT2D eigenvalue weighted by molar-refractivity contribution is 5.92. The number of fused-ring (bicyclic) bond motifs is 1. The topological polar surface area (TPSA) is 45.2 Å². The summed E-state index contributed by atoms with van der Waals surface area (Å²) >= 11 is 0. The van der Waals surface area contributed by atoms with Gasteiger partial charge in [-0.25, -0.2) is 0 Å². The second kappa shape index (κ2) is 9.37. The Morgan fingerprint density at radius 1 is 1.23 bits per heavy atom. The van der Waals surface area contributed by atoms with Crippen LogP contribution in [0.3, 0.4) is 0 Å². The summed E-state index contributed by atoms with van der Waals surface area (Å²) in [4.78, 5) is 18.8. The molecule has 0 spiro atoms. The van der Waals surface area contributed by atoms with Gasteiger partial charge in [0.1, 0.15) is 0 Å². The van der Waals surface area contributed by atoms with Crippen molar-refractivity contribution < 1.29 is 4.79 Å². The Labute approximate surface area is 157 Å². The van der Waals surface area contributed by atoms with Crippen molar-refractivity contribution in [3.05, 3.63) is 52.8 Å². The molecule has 0 aliphatic carbocycles. The normalized spacial score (nSPS) is 12.7. The van der Waals surface area contributed by atoms with Crippen molar-refractivity contribution in [2.24, 2.45) is 0 Å². The largest absolute Gasteiger partial charge is 0.367 e. The monoisotopic (exact) mass is 353 g/mol. The number of aromatic nitrogens is 1. The molecule has 0 fully saturated rings. The maximum Gasteiger partial charge on any atom is 0.224 e. The van der Waals surface area contributed by atoms with Crippen LogP contribution >= 0.6 is 0 Å². The molecule has 0 saturated heterocycles. The Balaban J connectivity index is 0.00000117. The highest BCUT2D eigenvalue weighted by atomic mass is 16.1. The van der Waals surface area contributed by atoms with Crippen LogP contribution in [0.1, 0.15) is 56.0 Å². The summed E-state index contributed by atoms with van der Waals surface area (Å²) in [7, 11) is 0. The van der Waals surface area contributed by atoms with Crippen molar-refractivity contribution in [1.82, 2.24) is 4.98 Å². The molecule has 1 aromatic carbocycles. The molecular weight excluding hydrogens is 322 g/mol. The van der Waals surface area contributed by atoms with E-state index < -0.39 is 0 Å². The molecule has 1 aromatic heterocycles. The van der Waals surface area contributed by atoms with Gasteiger partial charge in [-0.15, -0.1) is 0 Å². The molecule has 1 aliphatic rings. The molecule has 2 aromatic rings. The molecule has 0 unspecified atom stereocenters. The van der Waals surface area contributed by atoms with E-state index in [9.17, 15) is 4.79 Å². The first-order chi connectivity index (χ1) is 12.6. The van der Waals surface area contributed by atoms with Gasteiger partial charge in [0.15, 0.2) is 0 Å². The Bertz CT molecular complexity index is 732. The average molecular weight is 354 g/mol. The zero-order valence-corrected chi connectivity index (χ0v) is 16.7.